The maximum absolute atomic E-state index is 11.0. The first kappa shape index (κ1) is 9.66. The molecule has 1 rings (SSSR count). The van der Waals surface area contributed by atoms with Crippen LogP contribution in [-0.4, -0.2) is 22.5 Å². The molecule has 0 aliphatic carbocycles. The molecule has 0 aliphatic rings. The van der Waals surface area contributed by atoms with Gasteiger partial charge >= 0.3 is 5.69 Å². The third-order valence-corrected chi connectivity index (χ3v) is 1.68. The Morgan fingerprint density at radius 2 is 2.31 bits per heavy atom. The number of hydrogen-bond donors (Lipinski definition) is 3. The van der Waals surface area contributed by atoms with Gasteiger partial charge in [-0.25, -0.2) is 4.79 Å². The summed E-state index contributed by atoms with van der Waals surface area (Å²) in [6, 6.07) is 0. The molecule has 70 valence electrons. The standard InChI is InChI=1S/C7H10N4OS/c1-4-5(9-3-13)6(8-2)11-7(12)10-4/h3H,1-2H3,(H,9,13)(H2,8,10,11,12). The molecule has 6 heteroatoms. The van der Waals surface area contributed by atoms with Crippen molar-refractivity contribution in [3.8, 4) is 0 Å². The van der Waals surface area contributed by atoms with E-state index in [-0.39, 0.29) is 5.69 Å². The fraction of sp³-hybridized carbons (Fsp3) is 0.286. The summed E-state index contributed by atoms with van der Waals surface area (Å²) in [6.45, 7) is 1.77. The van der Waals surface area contributed by atoms with E-state index >= 15 is 0 Å². The second-order valence-electron chi connectivity index (χ2n) is 2.40. The van der Waals surface area contributed by atoms with Crippen LogP contribution in [0.3, 0.4) is 0 Å². The highest BCUT2D eigenvalue weighted by atomic mass is 32.1. The van der Waals surface area contributed by atoms with Crippen molar-refractivity contribution >= 4 is 29.2 Å². The molecule has 5 nitrogen and oxygen atoms in total. The zero-order chi connectivity index (χ0) is 9.84. The maximum atomic E-state index is 11.0. The van der Waals surface area contributed by atoms with Gasteiger partial charge in [-0.2, -0.15) is 4.98 Å². The summed E-state index contributed by atoms with van der Waals surface area (Å²) >= 11 is 4.65. The molecule has 3 N–H and O–H groups in total. The Labute approximate surface area is 80.6 Å². The maximum Gasteiger partial charge on any atom is 0.347 e. The van der Waals surface area contributed by atoms with E-state index in [4.69, 9.17) is 0 Å². The number of aryl methyl sites for hydroxylation is 1. The van der Waals surface area contributed by atoms with Crippen molar-refractivity contribution in [1.82, 2.24) is 9.97 Å². The summed E-state index contributed by atoms with van der Waals surface area (Å²) in [6.07, 6.45) is 0. The quantitative estimate of drug-likeness (QED) is 0.617. The number of anilines is 2. The number of H-pyrrole nitrogens is 1. The number of hydrogen-bond acceptors (Lipinski definition) is 4. The summed E-state index contributed by atoms with van der Waals surface area (Å²) in [5.74, 6) is 0.488. The first-order valence-electron chi connectivity index (χ1n) is 3.68. The number of aromatic nitrogens is 2. The fourth-order valence-electron chi connectivity index (χ4n) is 1.00. The molecular weight excluding hydrogens is 188 g/mol. The molecule has 0 saturated carbocycles. The molecule has 1 heterocycles. The van der Waals surface area contributed by atoms with Crippen molar-refractivity contribution in [3.05, 3.63) is 16.2 Å². The first-order chi connectivity index (χ1) is 6.19. The second-order valence-corrected chi connectivity index (χ2v) is 2.64. The molecular formula is C7H10N4OS. The lowest BCUT2D eigenvalue weighted by molar-refractivity contribution is 1.03. The fourth-order valence-corrected chi connectivity index (χ4v) is 1.12. The van der Waals surface area contributed by atoms with E-state index in [0.717, 1.165) is 0 Å². The average molecular weight is 198 g/mol. The topological polar surface area (TPSA) is 69.8 Å². The smallest absolute Gasteiger partial charge is 0.347 e. The van der Waals surface area contributed by atoms with E-state index in [2.05, 4.69) is 32.8 Å². The molecule has 0 bridgehead atoms. The zero-order valence-electron chi connectivity index (χ0n) is 7.34. The van der Waals surface area contributed by atoms with Crippen molar-refractivity contribution in [2.75, 3.05) is 17.7 Å². The van der Waals surface area contributed by atoms with Gasteiger partial charge in [0.05, 0.1) is 5.49 Å². The Morgan fingerprint density at radius 3 is 2.85 bits per heavy atom. The number of rotatable bonds is 3. The minimum atomic E-state index is -0.378. The summed E-state index contributed by atoms with van der Waals surface area (Å²) in [4.78, 5) is 17.2. The van der Waals surface area contributed by atoms with E-state index in [9.17, 15) is 4.79 Å². The first-order valence-corrected chi connectivity index (χ1v) is 4.15. The monoisotopic (exact) mass is 198 g/mol. The second kappa shape index (κ2) is 3.99. The van der Waals surface area contributed by atoms with Gasteiger partial charge in [0.1, 0.15) is 5.69 Å². The van der Waals surface area contributed by atoms with Gasteiger partial charge < -0.3 is 15.6 Å². The lowest BCUT2D eigenvalue weighted by atomic mass is 10.3. The van der Waals surface area contributed by atoms with E-state index in [1.807, 2.05) is 0 Å². The van der Waals surface area contributed by atoms with Gasteiger partial charge in [-0.1, -0.05) is 12.2 Å². The van der Waals surface area contributed by atoms with Crippen molar-refractivity contribution in [2.24, 2.45) is 0 Å². The van der Waals surface area contributed by atoms with Gasteiger partial charge in [0, 0.05) is 12.7 Å². The molecule has 0 amide bonds. The SMILES string of the molecule is CNc1nc(=O)[nH]c(C)c1NC=S. The van der Waals surface area contributed by atoms with Crippen molar-refractivity contribution in [1.29, 1.82) is 0 Å². The highest BCUT2D eigenvalue weighted by Gasteiger charge is 2.05. The molecule has 0 aromatic carbocycles. The van der Waals surface area contributed by atoms with Crippen LogP contribution in [0, 0.1) is 6.92 Å². The van der Waals surface area contributed by atoms with Gasteiger partial charge in [0.15, 0.2) is 5.82 Å². The van der Waals surface area contributed by atoms with Crippen LogP contribution in [0.15, 0.2) is 4.79 Å². The number of aromatic amines is 1. The summed E-state index contributed by atoms with van der Waals surface area (Å²) in [5, 5.41) is 5.62. The average Bonchev–Trinajstić information content (AvgIpc) is 2.09. The van der Waals surface area contributed by atoms with Crippen LogP contribution < -0.4 is 16.3 Å². The number of nitrogens with zero attached hydrogens (tertiary/aromatic N) is 1. The minimum Gasteiger partial charge on any atom is -0.371 e. The largest absolute Gasteiger partial charge is 0.371 e. The Balaban J connectivity index is 3.28. The van der Waals surface area contributed by atoms with Gasteiger partial charge in [-0.05, 0) is 6.92 Å². The summed E-state index contributed by atoms with van der Waals surface area (Å²) in [5.41, 5.74) is 2.38. The van der Waals surface area contributed by atoms with Crippen LogP contribution in [-0.2, 0) is 0 Å². The molecule has 13 heavy (non-hydrogen) atoms. The van der Waals surface area contributed by atoms with E-state index < -0.39 is 0 Å². The van der Waals surface area contributed by atoms with Crippen LogP contribution in [0.5, 0.6) is 0 Å². The highest BCUT2D eigenvalue weighted by molar-refractivity contribution is 7.79. The third-order valence-electron chi connectivity index (χ3n) is 1.56. The van der Waals surface area contributed by atoms with Crippen LogP contribution in [0.25, 0.3) is 0 Å². The van der Waals surface area contributed by atoms with Gasteiger partial charge in [0.25, 0.3) is 0 Å². The molecule has 0 aliphatic heterocycles. The van der Waals surface area contributed by atoms with Crippen LogP contribution >= 0.6 is 12.2 Å². The predicted octanol–water partition coefficient (Wildman–Crippen LogP) is 0.489. The van der Waals surface area contributed by atoms with Crippen molar-refractivity contribution < 1.29 is 0 Å². The van der Waals surface area contributed by atoms with Crippen molar-refractivity contribution in [2.45, 2.75) is 6.92 Å². The highest BCUT2D eigenvalue weighted by Crippen LogP contribution is 2.18. The summed E-state index contributed by atoms with van der Waals surface area (Å²) < 4.78 is 0. The van der Waals surface area contributed by atoms with Crippen molar-refractivity contribution in [3.63, 3.8) is 0 Å². The van der Waals surface area contributed by atoms with E-state index in [1.165, 1.54) is 5.49 Å². The van der Waals surface area contributed by atoms with E-state index in [0.29, 0.717) is 17.2 Å². The zero-order valence-corrected chi connectivity index (χ0v) is 8.16. The molecule has 1 aromatic heterocycles. The van der Waals surface area contributed by atoms with Crippen LogP contribution in [0.4, 0.5) is 11.5 Å². The Morgan fingerprint density at radius 1 is 1.62 bits per heavy atom. The Kier molecular flexibility index (Phi) is 2.97. The van der Waals surface area contributed by atoms with Gasteiger partial charge in [-0.15, -0.1) is 0 Å². The van der Waals surface area contributed by atoms with Crippen LogP contribution in [0.2, 0.25) is 0 Å². The lowest BCUT2D eigenvalue weighted by Gasteiger charge is -2.08. The van der Waals surface area contributed by atoms with Gasteiger partial charge in [-0.3, -0.25) is 0 Å². The van der Waals surface area contributed by atoms with E-state index in [1.54, 1.807) is 14.0 Å². The Bertz CT molecular complexity index is 373. The van der Waals surface area contributed by atoms with Crippen LogP contribution in [0.1, 0.15) is 5.69 Å². The molecule has 0 radical (unpaired) electrons. The minimum absolute atomic E-state index is 0.378. The molecule has 0 unspecified atom stereocenters. The Hall–Kier alpha value is -1.43. The normalized spacial score (nSPS) is 9.38. The number of nitrogens with one attached hydrogen (secondary N) is 3. The molecule has 1 aromatic rings. The third kappa shape index (κ3) is 2.03. The summed E-state index contributed by atoms with van der Waals surface area (Å²) in [7, 11) is 1.69. The number of thiocarbonyl (C=S) groups is 1. The molecule has 0 fully saturated rings. The predicted molar refractivity (Wildman–Crippen MR) is 56.4 cm³/mol. The molecule has 0 spiro atoms. The van der Waals surface area contributed by atoms with Gasteiger partial charge in [0.2, 0.25) is 0 Å². The molecule has 0 saturated heterocycles. The lowest BCUT2D eigenvalue weighted by Crippen LogP contribution is -2.16. The molecule has 0 atom stereocenters.